The van der Waals surface area contributed by atoms with Crippen molar-refractivity contribution in [2.75, 3.05) is 13.2 Å². The normalized spacial score (nSPS) is 12.4. The fourth-order valence-electron chi connectivity index (χ4n) is 1.17. The first-order chi connectivity index (χ1) is 7.15. The molecule has 0 fully saturated rings. The van der Waals surface area contributed by atoms with E-state index in [-0.39, 0.29) is 12.2 Å². The summed E-state index contributed by atoms with van der Waals surface area (Å²) in [5, 5.41) is 18.3. The molecule has 0 saturated carbocycles. The highest BCUT2D eigenvalue weighted by Crippen LogP contribution is 2.14. The lowest BCUT2D eigenvalue weighted by Gasteiger charge is -2.10. The minimum atomic E-state index is -0.971. The fraction of sp³-hybridized carbons (Fsp3) is 0.364. The lowest BCUT2D eigenvalue weighted by Crippen LogP contribution is -2.07. The van der Waals surface area contributed by atoms with Crippen LogP contribution in [0.3, 0.4) is 0 Å². The van der Waals surface area contributed by atoms with Crippen LogP contribution in [0, 0.1) is 0 Å². The third kappa shape index (κ3) is 3.34. The van der Waals surface area contributed by atoms with Crippen LogP contribution >= 0.6 is 0 Å². The van der Waals surface area contributed by atoms with Gasteiger partial charge in [-0.05, 0) is 24.6 Å². The van der Waals surface area contributed by atoms with Crippen LogP contribution in [0.15, 0.2) is 24.3 Å². The Balaban J connectivity index is 2.66. The Morgan fingerprint density at radius 3 is 2.47 bits per heavy atom. The second kappa shape index (κ2) is 5.48. The number of aliphatic hydroxyl groups excluding tert-OH is 1. The summed E-state index contributed by atoms with van der Waals surface area (Å²) in [5.74, 6) is -0.971. The molecule has 0 saturated heterocycles. The maximum atomic E-state index is 10.6. The van der Waals surface area contributed by atoms with Gasteiger partial charge in [-0.15, -0.1) is 0 Å². The average Bonchev–Trinajstić information content (AvgIpc) is 2.26. The van der Waals surface area contributed by atoms with Crippen molar-refractivity contribution in [2.24, 2.45) is 0 Å². The zero-order valence-electron chi connectivity index (χ0n) is 8.51. The highest BCUT2D eigenvalue weighted by molar-refractivity contribution is 5.87. The molecule has 0 aromatic heterocycles. The number of hydrogen-bond donors (Lipinski definition) is 2. The second-order valence-electron chi connectivity index (χ2n) is 3.10. The van der Waals surface area contributed by atoms with Crippen LogP contribution in [0.4, 0.5) is 0 Å². The Labute approximate surface area is 88.1 Å². The minimum Gasteiger partial charge on any atom is -0.478 e. The molecule has 0 heterocycles. The van der Waals surface area contributed by atoms with E-state index in [0.717, 1.165) is 0 Å². The van der Waals surface area contributed by atoms with Crippen LogP contribution in [-0.2, 0) is 4.74 Å². The molecule has 0 aliphatic carbocycles. The molecule has 2 N–H and O–H groups in total. The van der Waals surface area contributed by atoms with Crippen molar-refractivity contribution in [3.05, 3.63) is 35.4 Å². The molecule has 0 spiro atoms. The molecule has 0 radical (unpaired) electrons. The molecular weight excluding hydrogens is 196 g/mol. The highest BCUT2D eigenvalue weighted by Gasteiger charge is 2.08. The van der Waals surface area contributed by atoms with Crippen molar-refractivity contribution >= 4 is 5.97 Å². The minimum absolute atomic E-state index is 0.211. The van der Waals surface area contributed by atoms with Crippen LogP contribution in [0.5, 0.6) is 0 Å². The number of carboxylic acid groups (broad SMARTS) is 1. The molecule has 4 heteroatoms. The summed E-state index contributed by atoms with van der Waals surface area (Å²) in [6.45, 7) is 2.62. The van der Waals surface area contributed by atoms with E-state index in [1.165, 1.54) is 12.1 Å². The molecule has 1 aromatic carbocycles. The zero-order valence-corrected chi connectivity index (χ0v) is 8.51. The molecule has 15 heavy (non-hydrogen) atoms. The first-order valence-electron chi connectivity index (χ1n) is 4.74. The standard InChI is InChI=1S/C11H14O4/c1-2-15-7-10(12)8-3-5-9(6-4-8)11(13)14/h3-6,10,12H,2,7H2,1H3,(H,13,14). The third-order valence-electron chi connectivity index (χ3n) is 2.02. The van der Waals surface area contributed by atoms with Gasteiger partial charge in [0.1, 0.15) is 6.10 Å². The molecule has 0 aliphatic heterocycles. The van der Waals surface area contributed by atoms with E-state index in [1.54, 1.807) is 12.1 Å². The van der Waals surface area contributed by atoms with Crippen molar-refractivity contribution < 1.29 is 19.7 Å². The summed E-state index contributed by atoms with van der Waals surface area (Å²) in [6, 6.07) is 6.11. The Bertz CT molecular complexity index is 318. The van der Waals surface area contributed by atoms with E-state index >= 15 is 0 Å². The molecule has 1 rings (SSSR count). The van der Waals surface area contributed by atoms with Crippen LogP contribution in [0.1, 0.15) is 28.9 Å². The van der Waals surface area contributed by atoms with Gasteiger partial charge in [0.15, 0.2) is 0 Å². The number of carboxylic acids is 1. The largest absolute Gasteiger partial charge is 0.478 e. The molecule has 1 atom stereocenters. The predicted molar refractivity (Wildman–Crippen MR) is 54.9 cm³/mol. The monoisotopic (exact) mass is 210 g/mol. The summed E-state index contributed by atoms with van der Waals surface area (Å²) in [4.78, 5) is 10.6. The van der Waals surface area contributed by atoms with Crippen LogP contribution in [0.2, 0.25) is 0 Å². The molecule has 82 valence electrons. The smallest absolute Gasteiger partial charge is 0.335 e. The Hall–Kier alpha value is -1.39. The van der Waals surface area contributed by atoms with Crippen LogP contribution in [-0.4, -0.2) is 29.4 Å². The summed E-state index contributed by atoms with van der Waals surface area (Å²) in [6.07, 6.45) is -0.701. The van der Waals surface area contributed by atoms with E-state index in [9.17, 15) is 9.90 Å². The average molecular weight is 210 g/mol. The number of aliphatic hydroxyl groups is 1. The molecule has 0 aliphatic rings. The van der Waals surface area contributed by atoms with Gasteiger partial charge in [-0.3, -0.25) is 0 Å². The van der Waals surface area contributed by atoms with E-state index in [2.05, 4.69) is 0 Å². The van der Waals surface area contributed by atoms with E-state index in [4.69, 9.17) is 9.84 Å². The SMILES string of the molecule is CCOCC(O)c1ccc(C(=O)O)cc1. The van der Waals surface area contributed by atoms with Gasteiger partial charge in [0.25, 0.3) is 0 Å². The first kappa shape index (κ1) is 11.7. The summed E-state index contributed by atoms with van der Waals surface area (Å²) in [5.41, 5.74) is 0.871. The lowest BCUT2D eigenvalue weighted by atomic mass is 10.1. The highest BCUT2D eigenvalue weighted by atomic mass is 16.5. The van der Waals surface area contributed by atoms with Crippen LogP contribution < -0.4 is 0 Å². The number of hydrogen-bond acceptors (Lipinski definition) is 3. The second-order valence-corrected chi connectivity index (χ2v) is 3.10. The molecule has 1 unspecified atom stereocenters. The number of carbonyl (C=O) groups is 1. The van der Waals surface area contributed by atoms with Gasteiger partial charge < -0.3 is 14.9 Å². The van der Waals surface area contributed by atoms with Gasteiger partial charge >= 0.3 is 5.97 Å². The maximum absolute atomic E-state index is 10.6. The van der Waals surface area contributed by atoms with Crippen molar-refractivity contribution in [1.82, 2.24) is 0 Å². The quantitative estimate of drug-likeness (QED) is 0.772. The third-order valence-corrected chi connectivity index (χ3v) is 2.02. The van der Waals surface area contributed by atoms with Crippen molar-refractivity contribution in [3.8, 4) is 0 Å². The van der Waals surface area contributed by atoms with E-state index < -0.39 is 12.1 Å². The fourth-order valence-corrected chi connectivity index (χ4v) is 1.17. The summed E-state index contributed by atoms with van der Waals surface area (Å²) < 4.78 is 5.06. The molecule has 1 aromatic rings. The van der Waals surface area contributed by atoms with Crippen molar-refractivity contribution in [1.29, 1.82) is 0 Å². The topological polar surface area (TPSA) is 66.8 Å². The van der Waals surface area contributed by atoms with Crippen LogP contribution in [0.25, 0.3) is 0 Å². The summed E-state index contributed by atoms with van der Waals surface area (Å²) in [7, 11) is 0. The van der Waals surface area contributed by atoms with Gasteiger partial charge in [0.2, 0.25) is 0 Å². The van der Waals surface area contributed by atoms with E-state index in [1.807, 2.05) is 6.92 Å². The number of benzene rings is 1. The Morgan fingerprint density at radius 1 is 1.40 bits per heavy atom. The maximum Gasteiger partial charge on any atom is 0.335 e. The number of ether oxygens (including phenoxy) is 1. The molecular formula is C11H14O4. The summed E-state index contributed by atoms with van der Waals surface area (Å²) >= 11 is 0. The molecule has 0 bridgehead atoms. The number of rotatable bonds is 5. The number of aromatic carboxylic acids is 1. The van der Waals surface area contributed by atoms with Crippen molar-refractivity contribution in [2.45, 2.75) is 13.0 Å². The predicted octanol–water partition coefficient (Wildman–Crippen LogP) is 1.45. The Morgan fingerprint density at radius 2 is 2.00 bits per heavy atom. The van der Waals surface area contributed by atoms with Gasteiger partial charge in [0, 0.05) is 6.61 Å². The van der Waals surface area contributed by atoms with Gasteiger partial charge in [-0.1, -0.05) is 12.1 Å². The molecule has 0 amide bonds. The van der Waals surface area contributed by atoms with E-state index in [0.29, 0.717) is 12.2 Å². The van der Waals surface area contributed by atoms with Gasteiger partial charge in [-0.2, -0.15) is 0 Å². The van der Waals surface area contributed by atoms with Gasteiger partial charge in [0.05, 0.1) is 12.2 Å². The first-order valence-corrected chi connectivity index (χ1v) is 4.74. The zero-order chi connectivity index (χ0) is 11.3. The Kier molecular flexibility index (Phi) is 4.27. The van der Waals surface area contributed by atoms with Gasteiger partial charge in [-0.25, -0.2) is 4.79 Å². The van der Waals surface area contributed by atoms with Crippen molar-refractivity contribution in [3.63, 3.8) is 0 Å². The molecule has 4 nitrogen and oxygen atoms in total. The lowest BCUT2D eigenvalue weighted by molar-refractivity contribution is 0.0420.